The van der Waals surface area contributed by atoms with Crippen molar-refractivity contribution in [3.63, 3.8) is 0 Å². The third-order valence-corrected chi connectivity index (χ3v) is 1.39. The van der Waals surface area contributed by atoms with Gasteiger partial charge in [0, 0.05) is 0 Å². The summed E-state index contributed by atoms with van der Waals surface area (Å²) in [6, 6.07) is 3.99. The lowest BCUT2D eigenvalue weighted by Crippen LogP contribution is -2.29. The molecule has 0 saturated carbocycles. The van der Waals surface area contributed by atoms with Crippen molar-refractivity contribution < 1.29 is 0 Å². The smallest absolute Gasteiger partial charge is 0.0981 e. The Balaban J connectivity index is 3.82. The summed E-state index contributed by atoms with van der Waals surface area (Å²) in [7, 11) is 1.78. The van der Waals surface area contributed by atoms with Crippen molar-refractivity contribution in [2.24, 2.45) is 0 Å². The van der Waals surface area contributed by atoms with E-state index in [1.165, 1.54) is 0 Å². The molecule has 0 spiro atoms. The Hall–Kier alpha value is -1.06. The van der Waals surface area contributed by atoms with Gasteiger partial charge in [-0.25, -0.2) is 0 Å². The summed E-state index contributed by atoms with van der Waals surface area (Å²) in [6.07, 6.45) is 0.772. The first-order valence-corrected chi connectivity index (χ1v) is 3.23. The molecule has 0 aliphatic heterocycles. The van der Waals surface area contributed by atoms with Gasteiger partial charge in [0.05, 0.1) is 24.7 Å². The van der Waals surface area contributed by atoms with E-state index in [1.54, 1.807) is 11.9 Å². The number of rotatable bonds is 3. The predicted molar refractivity (Wildman–Crippen MR) is 37.9 cm³/mol. The van der Waals surface area contributed by atoms with Crippen LogP contribution in [-0.2, 0) is 0 Å². The van der Waals surface area contributed by atoms with Crippen molar-refractivity contribution in [1.82, 2.24) is 4.90 Å². The molecule has 3 nitrogen and oxygen atoms in total. The van der Waals surface area contributed by atoms with Crippen molar-refractivity contribution in [1.29, 1.82) is 10.5 Å². The second-order valence-electron chi connectivity index (χ2n) is 2.13. The molecule has 0 fully saturated rings. The van der Waals surface area contributed by atoms with Crippen LogP contribution in [0.1, 0.15) is 13.3 Å². The van der Waals surface area contributed by atoms with E-state index in [1.807, 2.05) is 13.0 Å². The van der Waals surface area contributed by atoms with Gasteiger partial charge in [-0.1, -0.05) is 6.92 Å². The van der Waals surface area contributed by atoms with Gasteiger partial charge in [-0.3, -0.25) is 4.90 Å². The molecule has 0 aromatic heterocycles. The third-order valence-electron chi connectivity index (χ3n) is 1.39. The van der Waals surface area contributed by atoms with E-state index in [-0.39, 0.29) is 6.04 Å². The third kappa shape index (κ3) is 2.48. The fourth-order valence-corrected chi connectivity index (χ4v) is 0.723. The molecule has 0 aliphatic rings. The van der Waals surface area contributed by atoms with Gasteiger partial charge in [0.2, 0.25) is 0 Å². The van der Waals surface area contributed by atoms with Crippen molar-refractivity contribution in [3.8, 4) is 12.1 Å². The van der Waals surface area contributed by atoms with E-state index in [0.29, 0.717) is 6.54 Å². The average molecular weight is 137 g/mol. The van der Waals surface area contributed by atoms with Gasteiger partial charge in [0.25, 0.3) is 0 Å². The highest BCUT2D eigenvalue weighted by Gasteiger charge is 2.09. The first-order valence-electron chi connectivity index (χ1n) is 3.23. The maximum atomic E-state index is 8.52. The minimum absolute atomic E-state index is 0.111. The summed E-state index contributed by atoms with van der Waals surface area (Å²) in [4.78, 5) is 1.74. The molecule has 0 amide bonds. The van der Waals surface area contributed by atoms with Crippen LogP contribution in [0.5, 0.6) is 0 Å². The number of hydrogen-bond donors (Lipinski definition) is 0. The second kappa shape index (κ2) is 4.78. The zero-order valence-electron chi connectivity index (χ0n) is 6.33. The Morgan fingerprint density at radius 1 is 1.50 bits per heavy atom. The lowest BCUT2D eigenvalue weighted by atomic mass is 10.2. The van der Waals surface area contributed by atoms with Crippen LogP contribution in [0.2, 0.25) is 0 Å². The van der Waals surface area contributed by atoms with Crippen LogP contribution < -0.4 is 0 Å². The topological polar surface area (TPSA) is 50.8 Å². The fourth-order valence-electron chi connectivity index (χ4n) is 0.723. The van der Waals surface area contributed by atoms with Gasteiger partial charge in [0.1, 0.15) is 0 Å². The molecule has 0 N–H and O–H groups in total. The second-order valence-corrected chi connectivity index (χ2v) is 2.13. The largest absolute Gasteiger partial charge is 0.278 e. The summed E-state index contributed by atoms with van der Waals surface area (Å²) in [5.74, 6) is 0. The van der Waals surface area contributed by atoms with E-state index in [4.69, 9.17) is 10.5 Å². The van der Waals surface area contributed by atoms with E-state index < -0.39 is 0 Å². The lowest BCUT2D eigenvalue weighted by Gasteiger charge is -2.16. The minimum Gasteiger partial charge on any atom is -0.278 e. The molecule has 0 radical (unpaired) electrons. The highest BCUT2D eigenvalue weighted by atomic mass is 15.1. The highest BCUT2D eigenvalue weighted by Crippen LogP contribution is 1.97. The molecule has 0 heterocycles. The van der Waals surface area contributed by atoms with Crippen molar-refractivity contribution in [2.45, 2.75) is 19.4 Å². The maximum absolute atomic E-state index is 8.52. The molecule has 0 aromatic rings. The zero-order valence-corrected chi connectivity index (χ0v) is 6.33. The summed E-state index contributed by atoms with van der Waals surface area (Å²) in [5, 5.41) is 16.8. The minimum atomic E-state index is -0.111. The van der Waals surface area contributed by atoms with Gasteiger partial charge in [0.15, 0.2) is 0 Å². The highest BCUT2D eigenvalue weighted by molar-refractivity contribution is 4.92. The molecule has 0 aromatic carbocycles. The lowest BCUT2D eigenvalue weighted by molar-refractivity contribution is 0.314. The predicted octanol–water partition coefficient (Wildman–Crippen LogP) is 0.744. The van der Waals surface area contributed by atoms with Crippen LogP contribution in [0.15, 0.2) is 0 Å². The molecule has 54 valence electrons. The molecule has 0 aliphatic carbocycles. The van der Waals surface area contributed by atoms with Gasteiger partial charge < -0.3 is 0 Å². The maximum Gasteiger partial charge on any atom is 0.0981 e. The summed E-state index contributed by atoms with van der Waals surface area (Å²) in [6.45, 7) is 2.26. The fraction of sp³-hybridized carbons (Fsp3) is 0.714. The zero-order chi connectivity index (χ0) is 7.98. The molecule has 3 heteroatoms. The first kappa shape index (κ1) is 8.94. The summed E-state index contributed by atoms with van der Waals surface area (Å²) in [5.41, 5.74) is 0. The van der Waals surface area contributed by atoms with Crippen LogP contribution in [0.25, 0.3) is 0 Å². The molecule has 0 bridgehead atoms. The van der Waals surface area contributed by atoms with Crippen LogP contribution in [0.4, 0.5) is 0 Å². The van der Waals surface area contributed by atoms with E-state index in [9.17, 15) is 0 Å². The normalized spacial score (nSPS) is 12.1. The summed E-state index contributed by atoms with van der Waals surface area (Å²) < 4.78 is 0. The van der Waals surface area contributed by atoms with Gasteiger partial charge in [-0.05, 0) is 13.5 Å². The number of hydrogen-bond acceptors (Lipinski definition) is 3. The molecule has 1 atom stereocenters. The molecule has 1 unspecified atom stereocenters. The molecule has 10 heavy (non-hydrogen) atoms. The molecule has 0 rings (SSSR count). The Kier molecular flexibility index (Phi) is 4.28. The number of nitrogens with zero attached hydrogens (tertiary/aromatic N) is 3. The first-order chi connectivity index (χ1) is 4.76. The average Bonchev–Trinajstić information content (AvgIpc) is 1.91. The van der Waals surface area contributed by atoms with Gasteiger partial charge in [-0.2, -0.15) is 10.5 Å². The Morgan fingerprint density at radius 3 is 2.40 bits per heavy atom. The van der Waals surface area contributed by atoms with Crippen LogP contribution >= 0.6 is 0 Å². The summed E-state index contributed by atoms with van der Waals surface area (Å²) >= 11 is 0. The molecule has 0 saturated heterocycles. The van der Waals surface area contributed by atoms with Crippen LogP contribution in [-0.4, -0.2) is 24.5 Å². The van der Waals surface area contributed by atoms with Crippen molar-refractivity contribution in [3.05, 3.63) is 0 Å². The Morgan fingerprint density at radius 2 is 2.10 bits per heavy atom. The van der Waals surface area contributed by atoms with Gasteiger partial charge >= 0.3 is 0 Å². The molecular formula is C7H11N3. The SMILES string of the molecule is CCC(C#N)N(C)CC#N. The Bertz CT molecular complexity index is 163. The van der Waals surface area contributed by atoms with E-state index >= 15 is 0 Å². The molecular weight excluding hydrogens is 126 g/mol. The van der Waals surface area contributed by atoms with Crippen molar-refractivity contribution in [2.75, 3.05) is 13.6 Å². The van der Waals surface area contributed by atoms with Gasteiger partial charge in [-0.15, -0.1) is 0 Å². The van der Waals surface area contributed by atoms with E-state index in [2.05, 4.69) is 6.07 Å². The quantitative estimate of drug-likeness (QED) is 0.539. The monoisotopic (exact) mass is 137 g/mol. The number of nitriles is 2. The standard InChI is InChI=1S/C7H11N3/c1-3-7(6-9)10(2)5-4-8/h7H,3,5H2,1-2H3. The van der Waals surface area contributed by atoms with E-state index in [0.717, 1.165) is 6.42 Å². The van der Waals surface area contributed by atoms with Crippen LogP contribution in [0.3, 0.4) is 0 Å². The van der Waals surface area contributed by atoms with Crippen LogP contribution in [0, 0.1) is 22.7 Å². The Labute approximate surface area is 61.5 Å². The van der Waals surface area contributed by atoms with Crippen molar-refractivity contribution >= 4 is 0 Å².